The maximum atomic E-state index is 5.69. The van der Waals surface area contributed by atoms with Gasteiger partial charge in [-0.3, -0.25) is 0 Å². The van der Waals surface area contributed by atoms with Gasteiger partial charge in [-0.05, 0) is 185 Å². The maximum absolute atomic E-state index is 5.69. The van der Waals surface area contributed by atoms with Crippen LogP contribution in [0.4, 0.5) is 0 Å². The molecule has 3 heteroatoms. The summed E-state index contributed by atoms with van der Waals surface area (Å²) in [4.78, 5) is 0. The fourth-order valence-electron chi connectivity index (χ4n) is 7.93. The van der Waals surface area contributed by atoms with Crippen LogP contribution in [-0.4, -0.2) is 21.3 Å². The lowest BCUT2D eigenvalue weighted by atomic mass is 9.69. The van der Waals surface area contributed by atoms with E-state index in [0.717, 1.165) is 33.9 Å². The predicted octanol–water partition coefficient (Wildman–Crippen LogP) is 13.2. The number of benzene rings is 6. The molecule has 0 aliphatic rings. The number of methoxy groups -OCH3 is 3. The fraction of sp³-hybridized carbons (Fsp3) is 0.321. The molecule has 0 heterocycles. The first-order chi connectivity index (χ1) is 26.5. The second kappa shape index (κ2) is 16.8. The number of aryl methyl sites for hydroxylation is 8. The Morgan fingerprint density at radius 3 is 0.857 bits per heavy atom. The van der Waals surface area contributed by atoms with Crippen molar-refractivity contribution in [2.24, 2.45) is 0 Å². The molecule has 0 radical (unpaired) electrons. The summed E-state index contributed by atoms with van der Waals surface area (Å²) in [5.74, 6) is 2.75. The summed E-state index contributed by atoms with van der Waals surface area (Å²) in [5, 5.41) is 0. The van der Waals surface area contributed by atoms with Gasteiger partial charge in [0.2, 0.25) is 0 Å². The van der Waals surface area contributed by atoms with Crippen molar-refractivity contribution in [3.05, 3.63) is 192 Å². The Kier molecular flexibility index (Phi) is 12.6. The Balaban J connectivity index is 0.000000215. The molecule has 0 amide bonds. The SMILES string of the molecule is COc1cc(C(C)(c2cc(C)c(C)c(C)c2)c2cc(C)c(C)c(C)c2)ccc1C.COc1cc(C(C)(c2ccc(C)cc2)c2ccc(C)c(OC)c2)ccc1C. The molecule has 0 aromatic heterocycles. The number of hydrogen-bond donors (Lipinski definition) is 0. The van der Waals surface area contributed by atoms with E-state index in [2.05, 4.69) is 186 Å². The highest BCUT2D eigenvalue weighted by Crippen LogP contribution is 2.44. The van der Waals surface area contributed by atoms with Gasteiger partial charge in [-0.15, -0.1) is 0 Å². The second-order valence-electron chi connectivity index (χ2n) is 16.1. The first-order valence-corrected chi connectivity index (χ1v) is 19.7. The zero-order valence-electron chi connectivity index (χ0n) is 36.5. The van der Waals surface area contributed by atoms with Crippen LogP contribution < -0.4 is 14.2 Å². The minimum atomic E-state index is -0.324. The van der Waals surface area contributed by atoms with Crippen molar-refractivity contribution in [3.63, 3.8) is 0 Å². The van der Waals surface area contributed by atoms with Crippen LogP contribution in [0.15, 0.2) is 103 Å². The Morgan fingerprint density at radius 2 is 0.571 bits per heavy atom. The molecule has 0 aliphatic carbocycles. The van der Waals surface area contributed by atoms with Crippen molar-refractivity contribution in [2.45, 2.75) is 93.9 Å². The summed E-state index contributed by atoms with van der Waals surface area (Å²) < 4.78 is 16.9. The molecule has 6 aromatic rings. The van der Waals surface area contributed by atoms with E-state index in [1.54, 1.807) is 21.3 Å². The van der Waals surface area contributed by atoms with Crippen molar-refractivity contribution in [3.8, 4) is 17.2 Å². The topological polar surface area (TPSA) is 27.7 Å². The van der Waals surface area contributed by atoms with E-state index >= 15 is 0 Å². The second-order valence-corrected chi connectivity index (χ2v) is 16.1. The molecule has 0 unspecified atom stereocenters. The molecule has 0 fully saturated rings. The highest BCUT2D eigenvalue weighted by atomic mass is 16.5. The fourth-order valence-corrected chi connectivity index (χ4v) is 7.93. The average molecular weight is 747 g/mol. The lowest BCUT2D eigenvalue weighted by molar-refractivity contribution is 0.409. The molecule has 0 saturated heterocycles. The summed E-state index contributed by atoms with van der Waals surface area (Å²) in [5.41, 5.74) is 19.7. The third-order valence-corrected chi connectivity index (χ3v) is 12.6. The zero-order valence-corrected chi connectivity index (χ0v) is 36.5. The quantitative estimate of drug-likeness (QED) is 0.138. The molecule has 56 heavy (non-hydrogen) atoms. The van der Waals surface area contributed by atoms with Gasteiger partial charge in [-0.2, -0.15) is 0 Å². The molecular formula is C53H62O3. The minimum absolute atomic E-state index is 0.270. The number of hydrogen-bond acceptors (Lipinski definition) is 3. The predicted molar refractivity (Wildman–Crippen MR) is 237 cm³/mol. The van der Waals surface area contributed by atoms with Gasteiger partial charge >= 0.3 is 0 Å². The highest BCUT2D eigenvalue weighted by Gasteiger charge is 2.34. The maximum Gasteiger partial charge on any atom is 0.122 e. The van der Waals surface area contributed by atoms with Gasteiger partial charge < -0.3 is 14.2 Å². The van der Waals surface area contributed by atoms with Crippen molar-refractivity contribution >= 4 is 0 Å². The van der Waals surface area contributed by atoms with E-state index in [1.165, 1.54) is 72.3 Å². The Bertz CT molecular complexity index is 2190. The Labute approximate surface area is 337 Å². The molecule has 6 aromatic carbocycles. The summed E-state index contributed by atoms with van der Waals surface area (Å²) in [6, 6.07) is 37.8. The monoisotopic (exact) mass is 746 g/mol. The van der Waals surface area contributed by atoms with E-state index in [4.69, 9.17) is 14.2 Å². The molecule has 0 bridgehead atoms. The van der Waals surface area contributed by atoms with Crippen LogP contribution in [0.3, 0.4) is 0 Å². The third-order valence-electron chi connectivity index (χ3n) is 12.6. The normalized spacial score (nSPS) is 11.5. The number of ether oxygens (including phenoxy) is 3. The van der Waals surface area contributed by atoms with Gasteiger partial charge in [0.05, 0.1) is 21.3 Å². The van der Waals surface area contributed by atoms with E-state index < -0.39 is 0 Å². The smallest absolute Gasteiger partial charge is 0.122 e. The summed E-state index contributed by atoms with van der Waals surface area (Å²) >= 11 is 0. The van der Waals surface area contributed by atoms with Gasteiger partial charge in [0.25, 0.3) is 0 Å². The van der Waals surface area contributed by atoms with Gasteiger partial charge in [0, 0.05) is 10.8 Å². The van der Waals surface area contributed by atoms with Gasteiger partial charge in [-0.25, -0.2) is 0 Å². The van der Waals surface area contributed by atoms with Crippen molar-refractivity contribution in [1.29, 1.82) is 0 Å². The largest absolute Gasteiger partial charge is 0.496 e. The summed E-state index contributed by atoms with van der Waals surface area (Å²) in [6.45, 7) is 26.3. The van der Waals surface area contributed by atoms with Crippen molar-refractivity contribution in [2.75, 3.05) is 21.3 Å². The van der Waals surface area contributed by atoms with Crippen LogP contribution in [-0.2, 0) is 10.8 Å². The summed E-state index contributed by atoms with van der Waals surface area (Å²) in [6.07, 6.45) is 0. The molecule has 0 spiro atoms. The Morgan fingerprint density at radius 1 is 0.304 bits per heavy atom. The standard InChI is InChI=1S/C28H34O.C25H28O2/c1-17-10-11-24(16-27(17)29-9)28(8,25-12-18(2)22(6)19(3)13-25)26-14-20(4)23(7)21(5)15-26;1-17-7-11-20(12-8-17)25(4,21-13-9-18(2)23(15-21)26-5)22-14-10-19(3)24(16-22)27-6/h10-16H,1-9H3;7-16H,1-6H3. The van der Waals surface area contributed by atoms with Gasteiger partial charge in [0.15, 0.2) is 0 Å². The number of rotatable bonds is 9. The van der Waals surface area contributed by atoms with E-state index in [0.29, 0.717) is 0 Å². The highest BCUT2D eigenvalue weighted by molar-refractivity contribution is 5.58. The van der Waals surface area contributed by atoms with Crippen LogP contribution in [0, 0.1) is 69.2 Å². The van der Waals surface area contributed by atoms with Crippen LogP contribution in [0.25, 0.3) is 0 Å². The van der Waals surface area contributed by atoms with Crippen LogP contribution >= 0.6 is 0 Å². The first kappa shape index (κ1) is 41.9. The van der Waals surface area contributed by atoms with Gasteiger partial charge in [-0.1, -0.05) is 90.5 Å². The minimum Gasteiger partial charge on any atom is -0.496 e. The lowest BCUT2D eigenvalue weighted by Crippen LogP contribution is -2.26. The zero-order chi connectivity index (χ0) is 41.1. The average Bonchev–Trinajstić information content (AvgIpc) is 3.19. The van der Waals surface area contributed by atoms with Crippen molar-refractivity contribution < 1.29 is 14.2 Å². The molecular weight excluding hydrogens is 685 g/mol. The van der Waals surface area contributed by atoms with Crippen LogP contribution in [0.2, 0.25) is 0 Å². The van der Waals surface area contributed by atoms with E-state index in [-0.39, 0.29) is 10.8 Å². The molecule has 0 N–H and O–H groups in total. The molecule has 6 rings (SSSR count). The van der Waals surface area contributed by atoms with E-state index in [1.807, 2.05) is 0 Å². The lowest BCUT2D eigenvalue weighted by Gasteiger charge is -2.34. The summed E-state index contributed by atoms with van der Waals surface area (Å²) in [7, 11) is 5.21. The van der Waals surface area contributed by atoms with Gasteiger partial charge in [0.1, 0.15) is 17.2 Å². The molecule has 0 aliphatic heterocycles. The molecule has 0 atom stereocenters. The molecule has 3 nitrogen and oxygen atoms in total. The molecule has 292 valence electrons. The van der Waals surface area contributed by atoms with Crippen LogP contribution in [0.1, 0.15) is 103 Å². The van der Waals surface area contributed by atoms with Crippen molar-refractivity contribution in [1.82, 2.24) is 0 Å². The van der Waals surface area contributed by atoms with Crippen LogP contribution in [0.5, 0.6) is 17.2 Å². The van der Waals surface area contributed by atoms with E-state index in [9.17, 15) is 0 Å². The Hall–Kier alpha value is -5.28. The molecule has 0 saturated carbocycles. The first-order valence-electron chi connectivity index (χ1n) is 19.7. The third kappa shape index (κ3) is 8.01.